The number of ketones is 2. The largest absolute Gasteiger partial charge is 0.493 e. The van der Waals surface area contributed by atoms with Crippen molar-refractivity contribution in [3.63, 3.8) is 0 Å². The van der Waals surface area contributed by atoms with Gasteiger partial charge in [-0.25, -0.2) is 0 Å². The smallest absolute Gasteiger partial charge is 0.199 e. The zero-order chi connectivity index (χ0) is 11.3. The van der Waals surface area contributed by atoms with E-state index in [1.165, 1.54) is 13.2 Å². The summed E-state index contributed by atoms with van der Waals surface area (Å²) in [5, 5.41) is 0. The zero-order valence-electron chi connectivity index (χ0n) is 9.46. The number of Topliss-reactive ketones (excluding diaryl/α,β-unsaturated/α-hetero) is 1. The first-order chi connectivity index (χ1) is 6.40. The minimum atomic E-state index is -0.152. The van der Waals surface area contributed by atoms with Crippen LogP contribution in [-0.2, 0) is 14.3 Å². The van der Waals surface area contributed by atoms with E-state index in [1.54, 1.807) is 27.7 Å². The Morgan fingerprint density at radius 3 is 1.86 bits per heavy atom. The van der Waals surface area contributed by atoms with Crippen molar-refractivity contribution in [3.05, 3.63) is 11.8 Å². The maximum atomic E-state index is 11.5. The van der Waals surface area contributed by atoms with E-state index in [0.29, 0.717) is 0 Å². The maximum Gasteiger partial charge on any atom is 0.199 e. The van der Waals surface area contributed by atoms with E-state index < -0.39 is 0 Å². The molecule has 3 heteroatoms. The summed E-state index contributed by atoms with van der Waals surface area (Å²) in [7, 11) is 1.40. The average Bonchev–Trinajstić information content (AvgIpc) is 2.12. The number of carbonyl (C=O) groups is 2. The zero-order valence-corrected chi connectivity index (χ0v) is 9.46. The molecule has 0 atom stereocenters. The first kappa shape index (κ1) is 12.9. The van der Waals surface area contributed by atoms with Crippen molar-refractivity contribution in [3.8, 4) is 0 Å². The van der Waals surface area contributed by atoms with Crippen LogP contribution in [0, 0.1) is 11.8 Å². The fourth-order valence-electron chi connectivity index (χ4n) is 0.811. The molecule has 0 heterocycles. The van der Waals surface area contributed by atoms with Gasteiger partial charge in [-0.1, -0.05) is 27.7 Å². The molecule has 0 saturated heterocycles. The highest BCUT2D eigenvalue weighted by atomic mass is 16.5. The van der Waals surface area contributed by atoms with Crippen molar-refractivity contribution in [1.82, 2.24) is 0 Å². The third kappa shape index (κ3) is 3.73. The summed E-state index contributed by atoms with van der Waals surface area (Å²) in [6.07, 6.45) is 1.28. The molecule has 0 aromatic heterocycles. The molecule has 0 aliphatic carbocycles. The summed E-state index contributed by atoms with van der Waals surface area (Å²) in [5.74, 6) is -0.336. The number of allylic oxidation sites excluding steroid dienone is 2. The summed E-state index contributed by atoms with van der Waals surface area (Å²) in [5.41, 5.74) is 0. The van der Waals surface area contributed by atoms with Crippen molar-refractivity contribution >= 4 is 11.6 Å². The predicted octanol–water partition coefficient (Wildman–Crippen LogP) is 1.97. The molecule has 0 bridgehead atoms. The molecule has 0 aromatic carbocycles. The summed E-state index contributed by atoms with van der Waals surface area (Å²) < 4.78 is 4.88. The molecule has 0 amide bonds. The van der Waals surface area contributed by atoms with E-state index in [9.17, 15) is 9.59 Å². The number of carbonyl (C=O) groups excluding carboxylic acids is 2. The molecule has 0 unspecified atom stereocenters. The van der Waals surface area contributed by atoms with Gasteiger partial charge in [0, 0.05) is 17.9 Å². The summed E-state index contributed by atoms with van der Waals surface area (Å²) in [6, 6.07) is 0. The van der Waals surface area contributed by atoms with E-state index in [-0.39, 0.29) is 29.2 Å². The molecular weight excluding hydrogens is 180 g/mol. The monoisotopic (exact) mass is 198 g/mol. The first-order valence-corrected chi connectivity index (χ1v) is 4.73. The average molecular weight is 198 g/mol. The van der Waals surface area contributed by atoms with Gasteiger partial charge in [-0.15, -0.1) is 0 Å². The summed E-state index contributed by atoms with van der Waals surface area (Å²) >= 11 is 0. The Kier molecular flexibility index (Phi) is 5.13. The molecule has 3 nitrogen and oxygen atoms in total. The molecule has 0 N–H and O–H groups in total. The Balaban J connectivity index is 4.72. The Hall–Kier alpha value is -1.12. The Morgan fingerprint density at radius 1 is 1.07 bits per heavy atom. The molecule has 0 rings (SSSR count). The summed E-state index contributed by atoms with van der Waals surface area (Å²) in [4.78, 5) is 22.8. The SMILES string of the molecule is CO/C(=C/C(=O)C(C)C)C(=O)C(C)C. The van der Waals surface area contributed by atoms with Crippen molar-refractivity contribution in [2.24, 2.45) is 11.8 Å². The van der Waals surface area contributed by atoms with Gasteiger partial charge in [0.1, 0.15) is 0 Å². The highest BCUT2D eigenvalue weighted by Crippen LogP contribution is 2.08. The second-order valence-electron chi connectivity index (χ2n) is 3.79. The predicted molar refractivity (Wildman–Crippen MR) is 54.8 cm³/mol. The number of methoxy groups -OCH3 is 1. The van der Waals surface area contributed by atoms with Gasteiger partial charge >= 0.3 is 0 Å². The molecule has 14 heavy (non-hydrogen) atoms. The quantitative estimate of drug-likeness (QED) is 0.501. The van der Waals surface area contributed by atoms with Gasteiger partial charge in [0.25, 0.3) is 0 Å². The number of rotatable bonds is 5. The molecule has 0 fully saturated rings. The second-order valence-corrected chi connectivity index (χ2v) is 3.79. The number of hydrogen-bond donors (Lipinski definition) is 0. The molecule has 0 aliphatic heterocycles. The van der Waals surface area contributed by atoms with Crippen LogP contribution in [0.5, 0.6) is 0 Å². The van der Waals surface area contributed by atoms with E-state index in [4.69, 9.17) is 4.74 Å². The van der Waals surface area contributed by atoms with Gasteiger partial charge in [0.2, 0.25) is 0 Å². The van der Waals surface area contributed by atoms with Crippen molar-refractivity contribution in [2.45, 2.75) is 27.7 Å². The standard InChI is InChI=1S/C11H18O3/c1-7(2)9(12)6-10(14-5)11(13)8(3)4/h6-8H,1-5H3/b10-6+. The van der Waals surface area contributed by atoms with Crippen LogP contribution in [0.1, 0.15) is 27.7 Å². The van der Waals surface area contributed by atoms with Crippen LogP contribution in [0.15, 0.2) is 11.8 Å². The fourth-order valence-corrected chi connectivity index (χ4v) is 0.811. The van der Waals surface area contributed by atoms with E-state index in [0.717, 1.165) is 0 Å². The lowest BCUT2D eigenvalue weighted by Crippen LogP contribution is -2.14. The molecule has 0 aromatic rings. The Labute approximate surface area is 85.1 Å². The number of ether oxygens (including phenoxy) is 1. The fraction of sp³-hybridized carbons (Fsp3) is 0.636. The van der Waals surface area contributed by atoms with Crippen LogP contribution in [0.3, 0.4) is 0 Å². The van der Waals surface area contributed by atoms with Crippen LogP contribution < -0.4 is 0 Å². The van der Waals surface area contributed by atoms with Gasteiger partial charge in [0.15, 0.2) is 17.3 Å². The lowest BCUT2D eigenvalue weighted by atomic mass is 10.0. The molecule has 0 spiro atoms. The molecular formula is C11H18O3. The van der Waals surface area contributed by atoms with Crippen LogP contribution in [-0.4, -0.2) is 18.7 Å². The summed E-state index contributed by atoms with van der Waals surface area (Å²) in [6.45, 7) is 7.11. The van der Waals surface area contributed by atoms with Gasteiger partial charge in [0.05, 0.1) is 7.11 Å². The van der Waals surface area contributed by atoms with Gasteiger partial charge in [-0.2, -0.15) is 0 Å². The van der Waals surface area contributed by atoms with E-state index >= 15 is 0 Å². The normalized spacial score (nSPS) is 12.1. The topological polar surface area (TPSA) is 43.4 Å². The van der Waals surface area contributed by atoms with Gasteiger partial charge in [-0.05, 0) is 0 Å². The van der Waals surface area contributed by atoms with E-state index in [1.807, 2.05) is 0 Å². The third-order valence-corrected chi connectivity index (χ3v) is 1.83. The lowest BCUT2D eigenvalue weighted by molar-refractivity contribution is -0.122. The Bertz CT molecular complexity index is 249. The molecule has 0 aliphatic rings. The first-order valence-electron chi connectivity index (χ1n) is 4.73. The highest BCUT2D eigenvalue weighted by molar-refractivity contribution is 6.02. The van der Waals surface area contributed by atoms with Crippen LogP contribution >= 0.6 is 0 Å². The molecule has 80 valence electrons. The van der Waals surface area contributed by atoms with Gasteiger partial charge < -0.3 is 4.74 Å². The van der Waals surface area contributed by atoms with Gasteiger partial charge in [-0.3, -0.25) is 9.59 Å². The van der Waals surface area contributed by atoms with Crippen LogP contribution in [0.4, 0.5) is 0 Å². The minimum absolute atomic E-state index is 0.0872. The van der Waals surface area contributed by atoms with Crippen LogP contribution in [0.25, 0.3) is 0 Å². The van der Waals surface area contributed by atoms with Crippen LogP contribution in [0.2, 0.25) is 0 Å². The molecule has 0 radical (unpaired) electrons. The van der Waals surface area contributed by atoms with Crippen molar-refractivity contribution < 1.29 is 14.3 Å². The Morgan fingerprint density at radius 2 is 1.57 bits per heavy atom. The number of hydrogen-bond acceptors (Lipinski definition) is 3. The van der Waals surface area contributed by atoms with E-state index in [2.05, 4.69) is 0 Å². The minimum Gasteiger partial charge on any atom is -0.493 e. The van der Waals surface area contributed by atoms with Crippen molar-refractivity contribution in [2.75, 3.05) is 7.11 Å². The molecule has 0 saturated carbocycles. The van der Waals surface area contributed by atoms with Crippen molar-refractivity contribution in [1.29, 1.82) is 0 Å². The second kappa shape index (κ2) is 5.58. The highest BCUT2D eigenvalue weighted by Gasteiger charge is 2.16. The third-order valence-electron chi connectivity index (χ3n) is 1.83. The lowest BCUT2D eigenvalue weighted by Gasteiger charge is -2.08. The maximum absolute atomic E-state index is 11.5.